The normalized spacial score (nSPS) is 11.1. The highest BCUT2D eigenvalue weighted by Crippen LogP contribution is 2.17. The van der Waals surface area contributed by atoms with Gasteiger partial charge in [-0.05, 0) is 50.4 Å². The Morgan fingerprint density at radius 1 is 1.35 bits per heavy atom. The summed E-state index contributed by atoms with van der Waals surface area (Å²) in [5, 5.41) is 3.52. The summed E-state index contributed by atoms with van der Waals surface area (Å²) in [7, 11) is 0. The number of benzene rings is 1. The molecule has 1 N–H and O–H groups in total. The van der Waals surface area contributed by atoms with Gasteiger partial charge in [0.15, 0.2) is 0 Å². The van der Waals surface area contributed by atoms with Crippen molar-refractivity contribution in [1.29, 1.82) is 0 Å². The number of hydrogen-bond acceptors (Lipinski definition) is 2. The zero-order valence-corrected chi connectivity index (χ0v) is 11.7. The van der Waals surface area contributed by atoms with Crippen LogP contribution in [0, 0.1) is 5.82 Å². The van der Waals surface area contributed by atoms with Crippen LogP contribution < -0.4 is 10.9 Å². The van der Waals surface area contributed by atoms with Gasteiger partial charge in [0.2, 0.25) is 0 Å². The third-order valence-corrected chi connectivity index (χ3v) is 3.10. The number of aromatic nitrogens is 1. The molecular weight excluding hydrogens is 259 g/mol. The predicted molar refractivity (Wildman–Crippen MR) is 76.6 cm³/mol. The largest absolute Gasteiger partial charge is 0.351 e. The van der Waals surface area contributed by atoms with Crippen molar-refractivity contribution in [2.24, 2.45) is 0 Å². The van der Waals surface area contributed by atoms with Crippen LogP contribution in [-0.4, -0.2) is 17.0 Å². The number of rotatable bonds is 3. The molecule has 0 unspecified atom stereocenters. The van der Waals surface area contributed by atoms with Gasteiger partial charge >= 0.3 is 0 Å². The Hall–Kier alpha value is -2.17. The second-order valence-electron chi connectivity index (χ2n) is 4.89. The Kier molecular flexibility index (Phi) is 3.88. The summed E-state index contributed by atoms with van der Waals surface area (Å²) in [6, 6.07) is 5.37. The molecule has 0 aliphatic carbocycles. The van der Waals surface area contributed by atoms with Gasteiger partial charge in [0.1, 0.15) is 11.5 Å². The summed E-state index contributed by atoms with van der Waals surface area (Å²) in [6.07, 6.45) is 0. The fourth-order valence-corrected chi connectivity index (χ4v) is 2.24. The molecule has 20 heavy (non-hydrogen) atoms. The summed E-state index contributed by atoms with van der Waals surface area (Å²) in [4.78, 5) is 24.6. The molecule has 1 aromatic carbocycles. The van der Waals surface area contributed by atoms with Crippen LogP contribution in [-0.2, 0) is 0 Å². The molecule has 4 nitrogen and oxygen atoms in total. The van der Waals surface area contributed by atoms with Crippen molar-refractivity contribution in [2.75, 3.05) is 6.54 Å². The van der Waals surface area contributed by atoms with Crippen molar-refractivity contribution in [3.8, 4) is 0 Å². The molecule has 106 valence electrons. The molecule has 0 fully saturated rings. The van der Waals surface area contributed by atoms with Crippen LogP contribution in [0.3, 0.4) is 0 Å². The average Bonchev–Trinajstić information content (AvgIpc) is 2.37. The van der Waals surface area contributed by atoms with Crippen LogP contribution in [0.5, 0.6) is 0 Å². The Bertz CT molecular complexity index is 720. The lowest BCUT2D eigenvalue weighted by Crippen LogP contribution is -2.33. The van der Waals surface area contributed by atoms with Crippen LogP contribution >= 0.6 is 0 Å². The minimum Gasteiger partial charge on any atom is -0.351 e. The molecule has 0 aliphatic rings. The van der Waals surface area contributed by atoms with Crippen LogP contribution in [0.4, 0.5) is 4.39 Å². The van der Waals surface area contributed by atoms with Gasteiger partial charge < -0.3 is 9.88 Å². The molecule has 2 aromatic rings. The van der Waals surface area contributed by atoms with E-state index in [4.69, 9.17) is 0 Å². The summed E-state index contributed by atoms with van der Waals surface area (Å²) in [6.45, 7) is 5.93. The van der Waals surface area contributed by atoms with E-state index in [1.807, 2.05) is 13.8 Å². The molecule has 0 bridgehead atoms. The zero-order chi connectivity index (χ0) is 14.9. The lowest BCUT2D eigenvalue weighted by atomic mass is 10.1. The van der Waals surface area contributed by atoms with Crippen LogP contribution in [0.1, 0.15) is 37.3 Å². The van der Waals surface area contributed by atoms with E-state index in [9.17, 15) is 14.0 Å². The number of pyridine rings is 1. The first kappa shape index (κ1) is 14.2. The number of carbonyl (C=O) groups is 1. The molecule has 0 saturated heterocycles. The van der Waals surface area contributed by atoms with E-state index in [1.54, 1.807) is 13.0 Å². The van der Waals surface area contributed by atoms with Gasteiger partial charge in [-0.2, -0.15) is 0 Å². The van der Waals surface area contributed by atoms with Gasteiger partial charge in [-0.3, -0.25) is 9.59 Å². The molecule has 0 atom stereocenters. The molecule has 0 radical (unpaired) electrons. The van der Waals surface area contributed by atoms with E-state index in [0.29, 0.717) is 17.3 Å². The molecule has 0 aliphatic heterocycles. The maximum atomic E-state index is 13.3. The average molecular weight is 276 g/mol. The highest BCUT2D eigenvalue weighted by Gasteiger charge is 2.17. The zero-order valence-electron chi connectivity index (χ0n) is 11.7. The van der Waals surface area contributed by atoms with Gasteiger partial charge in [0, 0.05) is 18.0 Å². The first-order valence-electron chi connectivity index (χ1n) is 6.58. The fourth-order valence-electron chi connectivity index (χ4n) is 2.24. The smallest absolute Gasteiger partial charge is 0.268 e. The fraction of sp³-hybridized carbons (Fsp3) is 0.333. The molecule has 1 aromatic heterocycles. The maximum Gasteiger partial charge on any atom is 0.268 e. The summed E-state index contributed by atoms with van der Waals surface area (Å²) in [5.41, 5.74) is -0.0243. The number of halogens is 1. The van der Waals surface area contributed by atoms with Gasteiger partial charge in [-0.25, -0.2) is 4.39 Å². The van der Waals surface area contributed by atoms with E-state index in [2.05, 4.69) is 5.32 Å². The number of carbonyl (C=O) groups excluding carboxylic acids is 1. The Labute approximate surface area is 116 Å². The quantitative estimate of drug-likeness (QED) is 0.936. The summed E-state index contributed by atoms with van der Waals surface area (Å²) in [5.74, 6) is -0.759. The number of nitrogens with one attached hydrogen (secondary N) is 1. The lowest BCUT2D eigenvalue weighted by molar-refractivity contribution is 0.0944. The minimum atomic E-state index is -0.430. The first-order chi connectivity index (χ1) is 9.45. The van der Waals surface area contributed by atoms with Gasteiger partial charge in [-0.1, -0.05) is 0 Å². The second-order valence-corrected chi connectivity index (χ2v) is 4.89. The standard InChI is InChI=1S/C15H17FN2O2/c1-4-17-14(19)13-8-10-7-11(16)5-6-12(10)15(20)18(13)9(2)3/h5-9H,4H2,1-3H3,(H,17,19). The van der Waals surface area contributed by atoms with Crippen molar-refractivity contribution in [3.05, 3.63) is 46.1 Å². The van der Waals surface area contributed by atoms with E-state index < -0.39 is 5.82 Å². The SMILES string of the molecule is CCNC(=O)c1cc2cc(F)ccc2c(=O)n1C(C)C. The highest BCUT2D eigenvalue weighted by molar-refractivity contribution is 5.96. The first-order valence-corrected chi connectivity index (χ1v) is 6.58. The van der Waals surface area contributed by atoms with E-state index in [1.165, 1.54) is 22.8 Å². The predicted octanol–water partition coefficient (Wildman–Crippen LogP) is 2.47. The maximum absolute atomic E-state index is 13.3. The number of fused-ring (bicyclic) bond motifs is 1. The molecule has 0 saturated carbocycles. The molecule has 5 heteroatoms. The summed E-state index contributed by atoms with van der Waals surface area (Å²) >= 11 is 0. The van der Waals surface area contributed by atoms with Gasteiger partial charge in [-0.15, -0.1) is 0 Å². The topological polar surface area (TPSA) is 51.1 Å². The third-order valence-electron chi connectivity index (χ3n) is 3.10. The van der Waals surface area contributed by atoms with Crippen LogP contribution in [0.2, 0.25) is 0 Å². The van der Waals surface area contributed by atoms with E-state index >= 15 is 0 Å². The molecular formula is C15H17FN2O2. The summed E-state index contributed by atoms with van der Waals surface area (Å²) < 4.78 is 14.7. The number of nitrogens with zero attached hydrogens (tertiary/aromatic N) is 1. The van der Waals surface area contributed by atoms with Crippen molar-refractivity contribution < 1.29 is 9.18 Å². The minimum absolute atomic E-state index is 0.158. The van der Waals surface area contributed by atoms with Crippen LogP contribution in [0.15, 0.2) is 29.1 Å². The van der Waals surface area contributed by atoms with Crippen molar-refractivity contribution >= 4 is 16.7 Å². The monoisotopic (exact) mass is 276 g/mol. The van der Waals surface area contributed by atoms with E-state index in [0.717, 1.165) is 0 Å². The number of amides is 1. The van der Waals surface area contributed by atoms with Crippen molar-refractivity contribution in [1.82, 2.24) is 9.88 Å². The van der Waals surface area contributed by atoms with E-state index in [-0.39, 0.29) is 23.2 Å². The lowest BCUT2D eigenvalue weighted by Gasteiger charge is -2.17. The molecule has 0 spiro atoms. The Morgan fingerprint density at radius 3 is 2.65 bits per heavy atom. The molecule has 1 amide bonds. The van der Waals surface area contributed by atoms with Gasteiger partial charge in [0.05, 0.1) is 0 Å². The van der Waals surface area contributed by atoms with Crippen molar-refractivity contribution in [2.45, 2.75) is 26.8 Å². The highest BCUT2D eigenvalue weighted by atomic mass is 19.1. The second kappa shape index (κ2) is 5.45. The Balaban J connectivity index is 2.80. The van der Waals surface area contributed by atoms with Crippen LogP contribution in [0.25, 0.3) is 10.8 Å². The van der Waals surface area contributed by atoms with Gasteiger partial charge in [0.25, 0.3) is 11.5 Å². The number of hydrogen-bond donors (Lipinski definition) is 1. The Morgan fingerprint density at radius 2 is 2.05 bits per heavy atom. The molecule has 2 rings (SSSR count). The van der Waals surface area contributed by atoms with Crippen molar-refractivity contribution in [3.63, 3.8) is 0 Å². The third kappa shape index (κ3) is 2.43. The molecule has 1 heterocycles.